The van der Waals surface area contributed by atoms with E-state index in [1.54, 1.807) is 4.68 Å². The molecular weight excluding hydrogens is 336 g/mol. The van der Waals surface area contributed by atoms with Gasteiger partial charge in [0.1, 0.15) is 0 Å². The smallest absolute Gasteiger partial charge is 0.254 e. The summed E-state index contributed by atoms with van der Waals surface area (Å²) < 4.78 is 1.78. The fourth-order valence-electron chi connectivity index (χ4n) is 2.43. The number of carbonyl (C=O) groups excluding carboxylic acids is 1. The number of aryl methyl sites for hydroxylation is 1. The second-order valence-electron chi connectivity index (χ2n) is 7.44. The summed E-state index contributed by atoms with van der Waals surface area (Å²) in [6.07, 6.45) is 2.56. The van der Waals surface area contributed by atoms with Gasteiger partial charge in [-0.3, -0.25) is 4.79 Å². The average molecular weight is 365 g/mol. The number of rotatable bonds is 5. The van der Waals surface area contributed by atoms with E-state index in [0.29, 0.717) is 12.1 Å². The van der Waals surface area contributed by atoms with Crippen LogP contribution in [0, 0.1) is 6.92 Å². The third-order valence-electron chi connectivity index (χ3n) is 3.85. The third-order valence-corrected chi connectivity index (χ3v) is 3.85. The van der Waals surface area contributed by atoms with Gasteiger partial charge in [-0.1, -0.05) is 38.5 Å². The number of hydrogen-bond donors (Lipinski definition) is 2. The van der Waals surface area contributed by atoms with Crippen LogP contribution in [0.2, 0.25) is 0 Å². The summed E-state index contributed by atoms with van der Waals surface area (Å²) in [5.74, 6) is -0.0982. The number of nitrogens with two attached hydrogens (primary N) is 1. The predicted molar refractivity (Wildman–Crippen MR) is 105 cm³/mol. The minimum Gasteiger partial charge on any atom is -0.352 e. The lowest BCUT2D eigenvalue weighted by Crippen LogP contribution is -2.30. The molecule has 1 unspecified atom stereocenters. The molecule has 3 N–H and O–H groups in total. The van der Waals surface area contributed by atoms with Crippen LogP contribution in [0.1, 0.15) is 55.7 Å². The lowest BCUT2D eigenvalue weighted by Gasteiger charge is -2.17. The molecule has 1 aromatic heterocycles. The Labute approximate surface area is 156 Å². The highest BCUT2D eigenvalue weighted by atomic mass is 35.5. The topological polar surface area (TPSA) is 72.9 Å². The minimum atomic E-state index is -0.218. The molecule has 0 aliphatic heterocycles. The van der Waals surface area contributed by atoms with Crippen LogP contribution in [-0.2, 0) is 5.41 Å². The van der Waals surface area contributed by atoms with Gasteiger partial charge in [0.15, 0.2) is 0 Å². The van der Waals surface area contributed by atoms with Crippen LogP contribution < -0.4 is 11.1 Å². The van der Waals surface area contributed by atoms with E-state index in [4.69, 9.17) is 5.73 Å². The van der Waals surface area contributed by atoms with Crippen molar-refractivity contribution in [2.75, 3.05) is 6.54 Å². The van der Waals surface area contributed by atoms with E-state index in [2.05, 4.69) is 31.2 Å². The fraction of sp³-hybridized carbons (Fsp3) is 0.474. The maximum Gasteiger partial charge on any atom is 0.254 e. The van der Waals surface area contributed by atoms with Crippen molar-refractivity contribution in [3.63, 3.8) is 0 Å². The van der Waals surface area contributed by atoms with Crippen molar-refractivity contribution < 1.29 is 4.79 Å². The maximum atomic E-state index is 12.6. The number of nitrogens with zero attached hydrogens (tertiary/aromatic N) is 2. The van der Waals surface area contributed by atoms with Crippen LogP contribution >= 0.6 is 12.4 Å². The summed E-state index contributed by atoms with van der Waals surface area (Å²) in [4.78, 5) is 12.6. The van der Waals surface area contributed by atoms with Gasteiger partial charge in [0.2, 0.25) is 0 Å². The Morgan fingerprint density at radius 2 is 1.88 bits per heavy atom. The molecule has 0 saturated carbocycles. The van der Waals surface area contributed by atoms with Crippen molar-refractivity contribution in [2.45, 2.75) is 52.5 Å². The highest BCUT2D eigenvalue weighted by molar-refractivity contribution is 5.95. The first-order valence-corrected chi connectivity index (χ1v) is 8.39. The first-order valence-electron chi connectivity index (χ1n) is 8.39. The van der Waals surface area contributed by atoms with Gasteiger partial charge in [-0.2, -0.15) is 5.10 Å². The standard InChI is InChI=1S/C19H28N4O.ClH/c1-13-6-8-15(9-7-13)23-12-16(17(22-23)19(3,4)5)18(24)21-11-10-14(2)20;/h6-9,12,14H,10-11,20H2,1-5H3,(H,21,24);1H. The van der Waals surface area contributed by atoms with Gasteiger partial charge >= 0.3 is 0 Å². The van der Waals surface area contributed by atoms with Gasteiger partial charge in [0, 0.05) is 24.2 Å². The molecule has 0 radical (unpaired) electrons. The van der Waals surface area contributed by atoms with Gasteiger partial charge in [0.25, 0.3) is 5.91 Å². The number of hydrogen-bond acceptors (Lipinski definition) is 3. The van der Waals surface area contributed by atoms with Gasteiger partial charge in [-0.05, 0) is 32.4 Å². The van der Waals surface area contributed by atoms with E-state index in [-0.39, 0.29) is 29.8 Å². The molecule has 0 aliphatic rings. The molecule has 1 aromatic carbocycles. The summed E-state index contributed by atoms with van der Waals surface area (Å²) >= 11 is 0. The summed E-state index contributed by atoms with van der Waals surface area (Å²) in [7, 11) is 0. The highest BCUT2D eigenvalue weighted by Gasteiger charge is 2.26. The number of carbonyl (C=O) groups is 1. The predicted octanol–water partition coefficient (Wildman–Crippen LogP) is 3.37. The number of benzene rings is 1. The van der Waals surface area contributed by atoms with Crippen LogP contribution in [-0.4, -0.2) is 28.3 Å². The van der Waals surface area contributed by atoms with Crippen LogP contribution in [0.3, 0.4) is 0 Å². The minimum absolute atomic E-state index is 0. The molecule has 0 fully saturated rings. The Bertz CT molecular complexity index is 699. The largest absolute Gasteiger partial charge is 0.352 e. The molecule has 2 rings (SSSR count). The Kier molecular flexibility index (Phi) is 7.20. The van der Waals surface area contributed by atoms with Crippen molar-refractivity contribution in [1.29, 1.82) is 0 Å². The fourth-order valence-corrected chi connectivity index (χ4v) is 2.43. The number of aromatic nitrogens is 2. The molecule has 0 bridgehead atoms. The number of halogens is 1. The van der Waals surface area contributed by atoms with Crippen molar-refractivity contribution >= 4 is 18.3 Å². The molecule has 6 heteroatoms. The molecule has 0 spiro atoms. The summed E-state index contributed by atoms with van der Waals surface area (Å²) in [5.41, 5.74) is 9.07. The Hall–Kier alpha value is -1.85. The molecule has 0 saturated heterocycles. The summed E-state index contributed by atoms with van der Waals surface area (Å²) in [5, 5.41) is 7.62. The van der Waals surface area contributed by atoms with Crippen molar-refractivity contribution in [1.82, 2.24) is 15.1 Å². The highest BCUT2D eigenvalue weighted by Crippen LogP contribution is 2.25. The molecule has 2 aromatic rings. The average Bonchev–Trinajstić information content (AvgIpc) is 2.93. The molecule has 1 atom stereocenters. The lowest BCUT2D eigenvalue weighted by atomic mass is 9.89. The normalized spacial score (nSPS) is 12.4. The number of amides is 1. The molecular formula is C19H29ClN4O. The monoisotopic (exact) mass is 364 g/mol. The van der Waals surface area contributed by atoms with E-state index in [9.17, 15) is 4.79 Å². The Morgan fingerprint density at radius 1 is 1.28 bits per heavy atom. The molecule has 138 valence electrons. The molecule has 0 aliphatic carbocycles. The van der Waals surface area contributed by atoms with Gasteiger partial charge in [-0.15, -0.1) is 12.4 Å². The van der Waals surface area contributed by atoms with E-state index in [1.807, 2.05) is 44.3 Å². The van der Waals surface area contributed by atoms with Crippen LogP contribution in [0.25, 0.3) is 5.69 Å². The van der Waals surface area contributed by atoms with Crippen LogP contribution in [0.4, 0.5) is 0 Å². The van der Waals surface area contributed by atoms with E-state index in [1.165, 1.54) is 5.56 Å². The van der Waals surface area contributed by atoms with E-state index in [0.717, 1.165) is 17.8 Å². The quantitative estimate of drug-likeness (QED) is 0.854. The Balaban J connectivity index is 0.00000312. The molecule has 25 heavy (non-hydrogen) atoms. The second-order valence-corrected chi connectivity index (χ2v) is 7.44. The number of nitrogens with one attached hydrogen (secondary N) is 1. The molecule has 1 heterocycles. The SMILES string of the molecule is Cc1ccc(-n2cc(C(=O)NCCC(C)N)c(C(C)(C)C)n2)cc1.Cl. The summed E-state index contributed by atoms with van der Waals surface area (Å²) in [6, 6.07) is 8.16. The zero-order chi connectivity index (χ0) is 17.9. The summed E-state index contributed by atoms with van der Waals surface area (Å²) in [6.45, 7) is 10.7. The van der Waals surface area contributed by atoms with Crippen LogP contribution in [0.5, 0.6) is 0 Å². The molecule has 1 amide bonds. The first kappa shape index (κ1) is 21.2. The lowest BCUT2D eigenvalue weighted by molar-refractivity contribution is 0.0950. The Morgan fingerprint density at radius 3 is 2.40 bits per heavy atom. The maximum absolute atomic E-state index is 12.6. The van der Waals surface area contributed by atoms with Gasteiger partial charge in [-0.25, -0.2) is 4.68 Å². The van der Waals surface area contributed by atoms with Crippen molar-refractivity contribution in [2.24, 2.45) is 5.73 Å². The zero-order valence-electron chi connectivity index (χ0n) is 15.7. The molecule has 5 nitrogen and oxygen atoms in total. The van der Waals surface area contributed by atoms with Crippen LogP contribution in [0.15, 0.2) is 30.5 Å². The first-order chi connectivity index (χ1) is 11.2. The van der Waals surface area contributed by atoms with Crippen molar-refractivity contribution in [3.8, 4) is 5.69 Å². The van der Waals surface area contributed by atoms with Crippen molar-refractivity contribution in [3.05, 3.63) is 47.3 Å². The second kappa shape index (κ2) is 8.50. The third kappa shape index (κ3) is 5.58. The van der Waals surface area contributed by atoms with Gasteiger partial charge in [0.05, 0.1) is 16.9 Å². The van der Waals surface area contributed by atoms with E-state index < -0.39 is 0 Å². The van der Waals surface area contributed by atoms with Gasteiger partial charge < -0.3 is 11.1 Å². The van der Waals surface area contributed by atoms with E-state index >= 15 is 0 Å². The zero-order valence-corrected chi connectivity index (χ0v) is 16.5.